The molecule has 2 heterocycles. The maximum absolute atomic E-state index is 5.39. The molecule has 0 aliphatic carbocycles. The molecule has 0 aliphatic heterocycles. The molecule has 0 saturated carbocycles. The standard InChI is InChI=1S/C49H30N4/c1-2-16-33(17-3-1)47-50-48(52-49(51-47)43-30-42-34-18-6-4-14-31(34)26-28-38(42)36-20-8-9-21-37(36)43)41-23-11-13-25-45(41)53-44-24-12-10-22-39(44)40-29-27-32-15-5-7-19-35(32)46(40)53/h1-30H. The number of hydrogen-bond donors (Lipinski definition) is 0. The Morgan fingerprint density at radius 2 is 0.868 bits per heavy atom. The second-order valence-corrected chi connectivity index (χ2v) is 13.6. The van der Waals surface area contributed by atoms with Gasteiger partial charge >= 0.3 is 0 Å². The SMILES string of the molecule is c1ccc(-c2nc(-c3ccccc3-n3c4ccccc4c4ccc5ccccc5c43)nc(-c3cc4c5ccccc5ccc4c4ccccc34)n2)cc1. The number of nitrogens with zero attached hydrogens (tertiary/aromatic N) is 4. The zero-order chi connectivity index (χ0) is 34.9. The van der Waals surface area contributed by atoms with Gasteiger partial charge in [0.15, 0.2) is 17.5 Å². The summed E-state index contributed by atoms with van der Waals surface area (Å²) >= 11 is 0. The molecule has 0 unspecified atom stereocenters. The van der Waals surface area contributed by atoms with Gasteiger partial charge < -0.3 is 4.57 Å². The van der Waals surface area contributed by atoms with Gasteiger partial charge in [0.1, 0.15) is 0 Å². The molecule has 0 aliphatic rings. The average molecular weight is 675 g/mol. The molecule has 0 spiro atoms. The fourth-order valence-electron chi connectivity index (χ4n) is 8.22. The first-order valence-corrected chi connectivity index (χ1v) is 18.0. The first kappa shape index (κ1) is 29.5. The molecular weight excluding hydrogens is 645 g/mol. The van der Waals surface area contributed by atoms with Crippen LogP contribution in [0.5, 0.6) is 0 Å². The monoisotopic (exact) mass is 674 g/mol. The van der Waals surface area contributed by atoms with Crippen molar-refractivity contribution in [3.05, 3.63) is 182 Å². The van der Waals surface area contributed by atoms with Crippen LogP contribution in [0.2, 0.25) is 0 Å². The molecule has 9 aromatic carbocycles. The maximum Gasteiger partial charge on any atom is 0.166 e. The third kappa shape index (κ3) is 4.59. The Kier molecular flexibility index (Phi) is 6.52. The van der Waals surface area contributed by atoms with Gasteiger partial charge in [0.25, 0.3) is 0 Å². The Morgan fingerprint density at radius 1 is 0.321 bits per heavy atom. The van der Waals surface area contributed by atoms with Crippen molar-refractivity contribution in [2.75, 3.05) is 0 Å². The van der Waals surface area contributed by atoms with E-state index in [0.29, 0.717) is 17.5 Å². The topological polar surface area (TPSA) is 43.6 Å². The molecule has 4 heteroatoms. The zero-order valence-electron chi connectivity index (χ0n) is 28.6. The van der Waals surface area contributed by atoms with Gasteiger partial charge in [0, 0.05) is 32.8 Å². The second-order valence-electron chi connectivity index (χ2n) is 13.6. The van der Waals surface area contributed by atoms with Crippen molar-refractivity contribution >= 4 is 64.9 Å². The smallest absolute Gasteiger partial charge is 0.166 e. The van der Waals surface area contributed by atoms with Gasteiger partial charge in [-0.25, -0.2) is 15.0 Å². The molecule has 4 nitrogen and oxygen atoms in total. The van der Waals surface area contributed by atoms with Crippen LogP contribution in [0, 0.1) is 0 Å². The molecule has 0 bridgehead atoms. The lowest BCUT2D eigenvalue weighted by Crippen LogP contribution is -2.04. The van der Waals surface area contributed by atoms with Gasteiger partial charge in [-0.1, -0.05) is 158 Å². The molecule has 2 aromatic heterocycles. The van der Waals surface area contributed by atoms with E-state index >= 15 is 0 Å². The molecule has 0 atom stereocenters. The first-order valence-electron chi connectivity index (χ1n) is 18.0. The Balaban J connectivity index is 1.23. The van der Waals surface area contributed by atoms with Crippen LogP contribution >= 0.6 is 0 Å². The van der Waals surface area contributed by atoms with E-state index in [1.54, 1.807) is 0 Å². The van der Waals surface area contributed by atoms with Gasteiger partial charge in [0.2, 0.25) is 0 Å². The zero-order valence-corrected chi connectivity index (χ0v) is 28.6. The molecular formula is C49H30N4. The van der Waals surface area contributed by atoms with Crippen LogP contribution in [0.1, 0.15) is 0 Å². The molecule has 0 fully saturated rings. The number of aromatic nitrogens is 4. The number of hydrogen-bond acceptors (Lipinski definition) is 3. The van der Waals surface area contributed by atoms with Crippen molar-refractivity contribution in [3.63, 3.8) is 0 Å². The lowest BCUT2D eigenvalue weighted by Gasteiger charge is -2.16. The Bertz CT molecular complexity index is 3230. The van der Waals surface area contributed by atoms with Crippen molar-refractivity contribution in [2.45, 2.75) is 0 Å². The van der Waals surface area contributed by atoms with E-state index in [1.165, 1.54) is 54.0 Å². The van der Waals surface area contributed by atoms with Crippen LogP contribution in [0.4, 0.5) is 0 Å². The predicted molar refractivity (Wildman–Crippen MR) is 220 cm³/mol. The van der Waals surface area contributed by atoms with Gasteiger partial charge in [-0.3, -0.25) is 0 Å². The molecule has 246 valence electrons. The fraction of sp³-hybridized carbons (Fsp3) is 0. The highest BCUT2D eigenvalue weighted by Crippen LogP contribution is 2.41. The lowest BCUT2D eigenvalue weighted by molar-refractivity contribution is 1.07. The lowest BCUT2D eigenvalue weighted by atomic mass is 9.93. The van der Waals surface area contributed by atoms with E-state index in [0.717, 1.165) is 33.3 Å². The minimum atomic E-state index is 0.623. The first-order chi connectivity index (χ1) is 26.3. The number of rotatable bonds is 4. The molecule has 11 aromatic rings. The van der Waals surface area contributed by atoms with Gasteiger partial charge in [-0.05, 0) is 62.0 Å². The minimum absolute atomic E-state index is 0.623. The van der Waals surface area contributed by atoms with Crippen molar-refractivity contribution in [3.8, 4) is 39.9 Å². The third-order valence-corrected chi connectivity index (χ3v) is 10.6. The number of fused-ring (bicyclic) bond motifs is 10. The second kappa shape index (κ2) is 11.7. The van der Waals surface area contributed by atoms with Crippen molar-refractivity contribution < 1.29 is 0 Å². The summed E-state index contributed by atoms with van der Waals surface area (Å²) < 4.78 is 2.39. The van der Waals surface area contributed by atoms with Crippen LogP contribution < -0.4 is 0 Å². The highest BCUT2D eigenvalue weighted by Gasteiger charge is 2.21. The highest BCUT2D eigenvalue weighted by molar-refractivity contribution is 6.21. The highest BCUT2D eigenvalue weighted by atomic mass is 15.1. The van der Waals surface area contributed by atoms with E-state index < -0.39 is 0 Å². The molecule has 0 N–H and O–H groups in total. The maximum atomic E-state index is 5.39. The predicted octanol–water partition coefficient (Wildman–Crippen LogP) is 12.6. The minimum Gasteiger partial charge on any atom is -0.308 e. The van der Waals surface area contributed by atoms with Gasteiger partial charge in [-0.2, -0.15) is 0 Å². The molecule has 11 rings (SSSR count). The Labute approximate surface area is 305 Å². The summed E-state index contributed by atoms with van der Waals surface area (Å²) in [4.78, 5) is 15.9. The van der Waals surface area contributed by atoms with Crippen LogP contribution in [-0.2, 0) is 0 Å². The van der Waals surface area contributed by atoms with Crippen LogP contribution in [0.15, 0.2) is 182 Å². The van der Waals surface area contributed by atoms with Crippen molar-refractivity contribution in [1.82, 2.24) is 19.5 Å². The van der Waals surface area contributed by atoms with E-state index in [-0.39, 0.29) is 0 Å². The van der Waals surface area contributed by atoms with Crippen LogP contribution in [0.3, 0.4) is 0 Å². The van der Waals surface area contributed by atoms with Gasteiger partial charge in [-0.15, -0.1) is 0 Å². The summed E-state index contributed by atoms with van der Waals surface area (Å²) in [5.41, 5.74) is 6.16. The fourth-order valence-corrected chi connectivity index (χ4v) is 8.22. The van der Waals surface area contributed by atoms with E-state index in [9.17, 15) is 0 Å². The van der Waals surface area contributed by atoms with E-state index in [4.69, 9.17) is 15.0 Å². The third-order valence-electron chi connectivity index (χ3n) is 10.6. The van der Waals surface area contributed by atoms with Crippen LogP contribution in [-0.4, -0.2) is 19.5 Å². The number of para-hydroxylation sites is 2. The van der Waals surface area contributed by atoms with E-state index in [2.05, 4.69) is 168 Å². The van der Waals surface area contributed by atoms with Crippen LogP contribution in [0.25, 0.3) is 105 Å². The molecule has 0 radical (unpaired) electrons. The molecule has 0 saturated heterocycles. The summed E-state index contributed by atoms with van der Waals surface area (Å²) in [5.74, 6) is 1.90. The Hall–Kier alpha value is -7.17. The quantitative estimate of drug-likeness (QED) is 0.175. The largest absolute Gasteiger partial charge is 0.308 e. The molecule has 0 amide bonds. The Morgan fingerprint density at radius 3 is 1.68 bits per heavy atom. The molecule has 53 heavy (non-hydrogen) atoms. The summed E-state index contributed by atoms with van der Waals surface area (Å²) in [7, 11) is 0. The van der Waals surface area contributed by atoms with Gasteiger partial charge in [0.05, 0.1) is 16.7 Å². The van der Waals surface area contributed by atoms with Crippen molar-refractivity contribution in [1.29, 1.82) is 0 Å². The number of benzene rings is 9. The van der Waals surface area contributed by atoms with E-state index in [1.807, 2.05) is 18.2 Å². The normalized spacial score (nSPS) is 11.8. The summed E-state index contributed by atoms with van der Waals surface area (Å²) in [6, 6.07) is 64.4. The van der Waals surface area contributed by atoms with Crippen molar-refractivity contribution in [2.24, 2.45) is 0 Å². The average Bonchev–Trinajstić information content (AvgIpc) is 3.58. The summed E-state index contributed by atoms with van der Waals surface area (Å²) in [6.07, 6.45) is 0. The summed E-state index contributed by atoms with van der Waals surface area (Å²) in [6.45, 7) is 0. The summed E-state index contributed by atoms with van der Waals surface area (Å²) in [5, 5.41) is 11.9.